The van der Waals surface area contributed by atoms with Crippen molar-refractivity contribution >= 4 is 32.6 Å². The lowest BCUT2D eigenvalue weighted by Gasteiger charge is -2.39. The predicted octanol–water partition coefficient (Wildman–Crippen LogP) is 12.1. The van der Waals surface area contributed by atoms with Crippen molar-refractivity contribution in [1.82, 2.24) is 4.57 Å². The molecule has 49 heavy (non-hydrogen) atoms. The number of hydrogen-bond donors (Lipinski definition) is 0. The molecule has 11 rings (SSSR count). The van der Waals surface area contributed by atoms with E-state index in [9.17, 15) is 5.48 Å². The molecule has 228 valence electrons. The molecule has 2 heteroatoms. The molecule has 2 aliphatic rings. The smallest absolute Gasteiger partial charge is 0.132 e. The minimum atomic E-state index is -1.47. The summed E-state index contributed by atoms with van der Waals surface area (Å²) >= 11 is 0. The molecule has 0 fully saturated rings. The molecule has 0 N–H and O–H groups in total. The molecule has 2 heterocycles. The van der Waals surface area contributed by atoms with Crippen LogP contribution in [0.1, 0.15) is 31.8 Å². The van der Waals surface area contributed by atoms with Gasteiger partial charge in [0.05, 0.1) is 26.0 Å². The average molecular weight is 631 g/mol. The quantitative estimate of drug-likeness (QED) is 0.185. The Hall–Kier alpha value is -6.38. The second kappa shape index (κ2) is 9.82. The Balaban J connectivity index is 1.34. The van der Waals surface area contributed by atoms with E-state index >= 15 is 0 Å². The molecule has 0 saturated heterocycles. The Morgan fingerprint density at radius 2 is 1.12 bits per heavy atom. The maximum Gasteiger partial charge on any atom is 0.132 e. The Bertz CT molecular complexity index is 3160. The van der Waals surface area contributed by atoms with Crippen molar-refractivity contribution in [3.63, 3.8) is 0 Å². The number of nitrogens with zero attached hydrogens (tertiary/aromatic N) is 1. The molecule has 2 nitrogen and oxygen atoms in total. The van der Waals surface area contributed by atoms with Crippen molar-refractivity contribution in [2.24, 2.45) is 0 Å². The van der Waals surface area contributed by atoms with Gasteiger partial charge in [-0.1, -0.05) is 145 Å². The van der Waals surface area contributed by atoms with Crippen molar-refractivity contribution in [2.45, 2.75) is 5.41 Å². The van der Waals surface area contributed by atoms with Crippen LogP contribution in [-0.2, 0) is 5.41 Å². The third-order valence-electron chi connectivity index (χ3n) is 10.3. The van der Waals surface area contributed by atoms with Crippen molar-refractivity contribution in [3.8, 4) is 39.4 Å². The van der Waals surface area contributed by atoms with Crippen molar-refractivity contribution in [1.29, 1.82) is 0 Å². The normalized spacial score (nSPS) is 15.6. The molecule has 0 atom stereocenters. The molecule has 8 aromatic carbocycles. The summed E-state index contributed by atoms with van der Waals surface area (Å²) in [5, 5.41) is 4.07. The summed E-state index contributed by atoms with van der Waals surface area (Å²) in [5.41, 5.74) is 5.64. The Kier molecular flexibility index (Phi) is 4.16. The summed E-state index contributed by atoms with van der Waals surface area (Å²) in [6.45, 7) is 0. The van der Waals surface area contributed by atoms with Gasteiger partial charge < -0.3 is 9.30 Å². The summed E-state index contributed by atoms with van der Waals surface area (Å²) < 4.78 is 74.4. The van der Waals surface area contributed by atoms with Gasteiger partial charge in [-0.05, 0) is 63.5 Å². The standard InChI is InChI=1S/C47H29NO/c1-2-14-32(15-3-1)48-45-33-16-5-4-13-30(33)25-27-38(45)37-20-12-19-34(46(37)48)31-26-28-44-42(29-31)47(41-23-10-11-24-43(41)49-44)39-21-8-6-17-35(39)36-18-7-9-22-40(36)47/h1-29H/i10D,11D,23D,24D,26D,28D,29D. The number of fused-ring (bicyclic) bond motifs is 14. The number of benzene rings is 8. The van der Waals surface area contributed by atoms with Gasteiger partial charge in [0.25, 0.3) is 0 Å². The van der Waals surface area contributed by atoms with Gasteiger partial charge in [0.1, 0.15) is 11.5 Å². The zero-order chi connectivity index (χ0) is 38.2. The molecule has 1 aliphatic heterocycles. The molecule has 0 saturated carbocycles. The van der Waals surface area contributed by atoms with E-state index in [2.05, 4.69) is 34.9 Å². The van der Waals surface area contributed by atoms with Crippen LogP contribution in [0.3, 0.4) is 0 Å². The SMILES string of the molecule is [2H]c1c([2H])c([2H])c2c(c1[2H])Oc1c([2H])c([2H])c(-c3cccc4c5ccc6ccccc6c5n(-c5ccccc5)c34)c([2H])c1C21c2ccccc2-c2ccccc21. The molecule has 0 amide bonds. The molecule has 1 aliphatic carbocycles. The fourth-order valence-corrected chi connectivity index (χ4v) is 8.38. The van der Waals surface area contributed by atoms with Crippen molar-refractivity contribution in [3.05, 3.63) is 198 Å². The van der Waals surface area contributed by atoms with E-state index in [1.54, 1.807) is 0 Å². The van der Waals surface area contributed by atoms with E-state index in [1.165, 1.54) is 0 Å². The van der Waals surface area contributed by atoms with Crippen LogP contribution in [0.2, 0.25) is 0 Å². The number of para-hydroxylation sites is 3. The highest BCUT2D eigenvalue weighted by Gasteiger charge is 2.51. The fourth-order valence-electron chi connectivity index (χ4n) is 8.38. The van der Waals surface area contributed by atoms with Crippen LogP contribution in [-0.4, -0.2) is 4.57 Å². The third kappa shape index (κ3) is 3.45. The van der Waals surface area contributed by atoms with Gasteiger partial charge >= 0.3 is 0 Å². The number of rotatable bonds is 2. The largest absolute Gasteiger partial charge is 0.457 e. The highest BCUT2D eigenvalue weighted by molar-refractivity contribution is 6.21. The molecule has 0 unspecified atom stereocenters. The third-order valence-corrected chi connectivity index (χ3v) is 10.3. The number of hydrogen-bond acceptors (Lipinski definition) is 1. The first-order valence-corrected chi connectivity index (χ1v) is 16.4. The van der Waals surface area contributed by atoms with Gasteiger partial charge in [-0.3, -0.25) is 0 Å². The van der Waals surface area contributed by atoms with E-state index in [-0.39, 0.29) is 58.4 Å². The summed E-state index contributed by atoms with van der Waals surface area (Å²) in [6, 6.07) is 41.8. The Morgan fingerprint density at radius 1 is 0.469 bits per heavy atom. The van der Waals surface area contributed by atoms with Gasteiger partial charge in [-0.15, -0.1) is 0 Å². The van der Waals surface area contributed by atoms with Crippen LogP contribution in [0.15, 0.2) is 176 Å². The molecule has 1 aromatic heterocycles. The van der Waals surface area contributed by atoms with E-state index in [4.69, 9.17) is 8.85 Å². The molecule has 9 aromatic rings. The lowest BCUT2D eigenvalue weighted by atomic mass is 9.66. The fraction of sp³-hybridized carbons (Fsp3) is 0.0213. The molecule has 1 spiro atoms. The van der Waals surface area contributed by atoms with E-state index < -0.39 is 17.5 Å². The average Bonchev–Trinajstić information content (AvgIpc) is 3.73. The van der Waals surface area contributed by atoms with Crippen LogP contribution in [0.25, 0.3) is 60.5 Å². The second-order valence-electron chi connectivity index (χ2n) is 12.7. The summed E-state index contributed by atoms with van der Waals surface area (Å²) in [5.74, 6) is -0.164. The zero-order valence-electron chi connectivity index (χ0n) is 33.1. The highest BCUT2D eigenvalue weighted by Crippen LogP contribution is 2.62. The first-order valence-electron chi connectivity index (χ1n) is 19.9. The monoisotopic (exact) mass is 630 g/mol. The first-order chi connectivity index (χ1) is 27.2. The maximum absolute atomic E-state index is 10.4. The lowest BCUT2D eigenvalue weighted by Crippen LogP contribution is -2.32. The number of aromatic nitrogens is 1. The zero-order valence-corrected chi connectivity index (χ0v) is 26.1. The molecular weight excluding hydrogens is 595 g/mol. The van der Waals surface area contributed by atoms with Gasteiger partial charge in [-0.25, -0.2) is 0 Å². The van der Waals surface area contributed by atoms with Gasteiger partial charge in [-0.2, -0.15) is 0 Å². The summed E-state index contributed by atoms with van der Waals surface area (Å²) in [6.07, 6.45) is 0. The maximum atomic E-state index is 10.4. The topological polar surface area (TPSA) is 14.2 Å². The van der Waals surface area contributed by atoms with Crippen LogP contribution >= 0.6 is 0 Å². The van der Waals surface area contributed by atoms with Crippen molar-refractivity contribution < 1.29 is 14.3 Å². The molecular formula is C47H29NO. The first kappa shape index (κ1) is 20.8. The number of ether oxygens (including phenoxy) is 1. The highest BCUT2D eigenvalue weighted by atomic mass is 16.5. The predicted molar refractivity (Wildman–Crippen MR) is 201 cm³/mol. The van der Waals surface area contributed by atoms with Crippen LogP contribution in [0, 0.1) is 0 Å². The minimum Gasteiger partial charge on any atom is -0.457 e. The van der Waals surface area contributed by atoms with Crippen LogP contribution in [0.4, 0.5) is 0 Å². The molecule has 0 bridgehead atoms. The van der Waals surface area contributed by atoms with E-state index in [0.29, 0.717) is 5.56 Å². The van der Waals surface area contributed by atoms with E-state index in [0.717, 1.165) is 60.5 Å². The Morgan fingerprint density at radius 3 is 1.96 bits per heavy atom. The molecule has 0 radical (unpaired) electrons. The lowest BCUT2D eigenvalue weighted by molar-refractivity contribution is 0.436. The van der Waals surface area contributed by atoms with Crippen LogP contribution < -0.4 is 4.74 Å². The van der Waals surface area contributed by atoms with Crippen molar-refractivity contribution in [2.75, 3.05) is 0 Å². The van der Waals surface area contributed by atoms with Gasteiger partial charge in [0.15, 0.2) is 0 Å². The Labute approximate surface area is 293 Å². The summed E-state index contributed by atoms with van der Waals surface area (Å²) in [7, 11) is 0. The van der Waals surface area contributed by atoms with Gasteiger partial charge in [0.2, 0.25) is 0 Å². The minimum absolute atomic E-state index is 0.0483. The van der Waals surface area contributed by atoms with E-state index in [1.807, 2.05) is 103 Å². The summed E-state index contributed by atoms with van der Waals surface area (Å²) in [4.78, 5) is 0. The van der Waals surface area contributed by atoms with Gasteiger partial charge in [0, 0.05) is 38.5 Å². The second-order valence-corrected chi connectivity index (χ2v) is 12.7. The van der Waals surface area contributed by atoms with Crippen LogP contribution in [0.5, 0.6) is 11.5 Å².